The second kappa shape index (κ2) is 5.36. The molecule has 0 spiro atoms. The lowest BCUT2D eigenvalue weighted by Crippen LogP contribution is -2.48. The van der Waals surface area contributed by atoms with Crippen molar-refractivity contribution in [1.29, 1.82) is 0 Å². The summed E-state index contributed by atoms with van der Waals surface area (Å²) in [6.45, 7) is 2.06. The molecule has 118 valence electrons. The van der Waals surface area contributed by atoms with Gasteiger partial charge in [-0.25, -0.2) is 0 Å². The Morgan fingerprint density at radius 3 is 2.27 bits per heavy atom. The number of amides is 1. The second-order valence-electron chi connectivity index (χ2n) is 8.16. The Labute approximate surface area is 132 Å². The van der Waals surface area contributed by atoms with E-state index in [4.69, 9.17) is 0 Å². The number of nitrogens with one attached hydrogen (secondary N) is 1. The van der Waals surface area contributed by atoms with Crippen LogP contribution < -0.4 is 5.32 Å². The Hall–Kier alpha value is -1.38. The van der Waals surface area contributed by atoms with Gasteiger partial charge in [-0.3, -0.25) is 9.78 Å². The van der Waals surface area contributed by atoms with Gasteiger partial charge in [0.25, 0.3) is 0 Å². The van der Waals surface area contributed by atoms with Crippen molar-refractivity contribution in [2.45, 2.75) is 57.9 Å². The van der Waals surface area contributed by atoms with Gasteiger partial charge in [-0.1, -0.05) is 0 Å². The SMILES string of the molecule is C[C@H](NC(=O)CC12CC3CC(CC(C3)C1)C2)c1ccncc1. The highest BCUT2D eigenvalue weighted by atomic mass is 16.1. The maximum atomic E-state index is 12.6. The van der Waals surface area contributed by atoms with E-state index >= 15 is 0 Å². The van der Waals surface area contributed by atoms with Gasteiger partial charge in [-0.15, -0.1) is 0 Å². The van der Waals surface area contributed by atoms with E-state index in [0.717, 1.165) is 29.7 Å². The number of hydrogen-bond acceptors (Lipinski definition) is 2. The highest BCUT2D eigenvalue weighted by Crippen LogP contribution is 2.61. The van der Waals surface area contributed by atoms with Crippen LogP contribution >= 0.6 is 0 Å². The molecule has 0 radical (unpaired) electrons. The van der Waals surface area contributed by atoms with Gasteiger partial charge in [0.2, 0.25) is 5.91 Å². The summed E-state index contributed by atoms with van der Waals surface area (Å²) in [6, 6.07) is 4.04. The molecule has 0 aliphatic heterocycles. The van der Waals surface area contributed by atoms with Gasteiger partial charge in [-0.05, 0) is 86.3 Å². The molecule has 1 N–H and O–H groups in total. The van der Waals surface area contributed by atoms with Gasteiger partial charge in [0.15, 0.2) is 0 Å². The Kier molecular flexibility index (Phi) is 3.47. The molecular formula is C19H26N2O. The summed E-state index contributed by atoms with van der Waals surface area (Å²) >= 11 is 0. The summed E-state index contributed by atoms with van der Waals surface area (Å²) in [5, 5.41) is 3.20. The number of hydrogen-bond donors (Lipinski definition) is 1. The largest absolute Gasteiger partial charge is 0.350 e. The quantitative estimate of drug-likeness (QED) is 0.917. The summed E-state index contributed by atoms with van der Waals surface area (Å²) in [4.78, 5) is 16.6. The molecule has 3 nitrogen and oxygen atoms in total. The minimum absolute atomic E-state index is 0.0735. The van der Waals surface area contributed by atoms with E-state index in [1.54, 1.807) is 12.4 Å². The number of carbonyl (C=O) groups excluding carboxylic acids is 1. The van der Waals surface area contributed by atoms with Crippen molar-refractivity contribution in [3.8, 4) is 0 Å². The number of rotatable bonds is 4. The minimum atomic E-state index is 0.0735. The van der Waals surface area contributed by atoms with Crippen molar-refractivity contribution in [2.75, 3.05) is 0 Å². The molecule has 4 bridgehead atoms. The van der Waals surface area contributed by atoms with Crippen molar-refractivity contribution >= 4 is 5.91 Å². The lowest BCUT2D eigenvalue weighted by molar-refractivity contribution is -0.130. The highest BCUT2D eigenvalue weighted by Gasteiger charge is 2.51. The summed E-state index contributed by atoms with van der Waals surface area (Å²) in [5.74, 6) is 2.98. The predicted molar refractivity (Wildman–Crippen MR) is 86.0 cm³/mol. The van der Waals surface area contributed by atoms with Crippen molar-refractivity contribution in [2.24, 2.45) is 23.2 Å². The molecule has 1 heterocycles. The lowest BCUT2D eigenvalue weighted by atomic mass is 9.49. The van der Waals surface area contributed by atoms with E-state index in [2.05, 4.69) is 17.2 Å². The fourth-order valence-corrected chi connectivity index (χ4v) is 5.88. The third kappa shape index (κ3) is 2.66. The Morgan fingerprint density at radius 1 is 1.18 bits per heavy atom. The molecule has 1 aromatic heterocycles. The normalized spacial score (nSPS) is 37.0. The van der Waals surface area contributed by atoms with E-state index in [-0.39, 0.29) is 11.9 Å². The first-order valence-electron chi connectivity index (χ1n) is 8.81. The van der Waals surface area contributed by atoms with E-state index in [9.17, 15) is 4.79 Å². The smallest absolute Gasteiger partial charge is 0.221 e. The maximum absolute atomic E-state index is 12.6. The van der Waals surface area contributed by atoms with Crippen LogP contribution in [0.1, 0.15) is 63.5 Å². The van der Waals surface area contributed by atoms with Gasteiger partial charge in [0.1, 0.15) is 0 Å². The Bertz CT molecular complexity index is 519. The third-order valence-corrected chi connectivity index (χ3v) is 6.28. The topological polar surface area (TPSA) is 42.0 Å². The van der Waals surface area contributed by atoms with Crippen LogP contribution in [0.4, 0.5) is 0 Å². The molecule has 4 aliphatic carbocycles. The number of pyridine rings is 1. The molecule has 1 atom stereocenters. The predicted octanol–water partition coefficient (Wildman–Crippen LogP) is 3.87. The van der Waals surface area contributed by atoms with Gasteiger partial charge in [0.05, 0.1) is 6.04 Å². The van der Waals surface area contributed by atoms with E-state index in [0.29, 0.717) is 5.41 Å². The van der Waals surface area contributed by atoms with E-state index in [1.807, 2.05) is 12.1 Å². The van der Waals surface area contributed by atoms with Gasteiger partial charge < -0.3 is 5.32 Å². The van der Waals surface area contributed by atoms with Crippen LogP contribution in [0.5, 0.6) is 0 Å². The van der Waals surface area contributed by atoms with Crippen LogP contribution in [0.2, 0.25) is 0 Å². The molecule has 4 saturated carbocycles. The van der Waals surface area contributed by atoms with Crippen LogP contribution in [-0.2, 0) is 4.79 Å². The van der Waals surface area contributed by atoms with E-state index in [1.165, 1.54) is 38.5 Å². The molecule has 1 amide bonds. The maximum Gasteiger partial charge on any atom is 0.221 e. The monoisotopic (exact) mass is 298 g/mol. The van der Waals surface area contributed by atoms with Crippen LogP contribution in [0.15, 0.2) is 24.5 Å². The number of nitrogens with zero attached hydrogens (tertiary/aromatic N) is 1. The second-order valence-corrected chi connectivity index (χ2v) is 8.16. The molecule has 1 aromatic rings. The molecule has 5 rings (SSSR count). The van der Waals surface area contributed by atoms with Gasteiger partial charge >= 0.3 is 0 Å². The van der Waals surface area contributed by atoms with Crippen molar-refractivity contribution in [3.05, 3.63) is 30.1 Å². The van der Waals surface area contributed by atoms with Crippen molar-refractivity contribution in [1.82, 2.24) is 10.3 Å². The summed E-state index contributed by atoms with van der Waals surface area (Å²) in [6.07, 6.45) is 12.5. The first kappa shape index (κ1) is 14.2. The van der Waals surface area contributed by atoms with E-state index < -0.39 is 0 Å². The number of carbonyl (C=O) groups is 1. The third-order valence-electron chi connectivity index (χ3n) is 6.28. The fourth-order valence-electron chi connectivity index (χ4n) is 5.88. The summed E-state index contributed by atoms with van der Waals surface area (Å²) in [7, 11) is 0. The lowest BCUT2D eigenvalue weighted by Gasteiger charge is -2.56. The molecule has 22 heavy (non-hydrogen) atoms. The van der Waals surface area contributed by atoms with Gasteiger partial charge in [-0.2, -0.15) is 0 Å². The molecule has 0 saturated heterocycles. The summed E-state index contributed by atoms with van der Waals surface area (Å²) < 4.78 is 0. The summed E-state index contributed by atoms with van der Waals surface area (Å²) in [5.41, 5.74) is 1.46. The first-order chi connectivity index (χ1) is 10.6. The van der Waals surface area contributed by atoms with Crippen molar-refractivity contribution < 1.29 is 4.79 Å². The molecule has 4 fully saturated rings. The van der Waals surface area contributed by atoms with Crippen molar-refractivity contribution in [3.63, 3.8) is 0 Å². The fraction of sp³-hybridized carbons (Fsp3) is 0.684. The van der Waals surface area contributed by atoms with Crippen LogP contribution in [0.25, 0.3) is 0 Å². The first-order valence-corrected chi connectivity index (χ1v) is 8.81. The van der Waals surface area contributed by atoms with Crippen LogP contribution in [0, 0.1) is 23.2 Å². The zero-order valence-electron chi connectivity index (χ0n) is 13.4. The molecular weight excluding hydrogens is 272 g/mol. The zero-order valence-corrected chi connectivity index (χ0v) is 13.4. The standard InChI is InChI=1S/C19H26N2O/c1-13(17-2-4-20-5-3-17)21-18(22)12-19-9-14-6-15(10-19)8-16(7-14)11-19/h2-5,13-16H,6-12H2,1H3,(H,21,22)/t13-,14?,15?,16?,19?/m0/s1. The minimum Gasteiger partial charge on any atom is -0.350 e. The molecule has 4 aliphatic rings. The average molecular weight is 298 g/mol. The molecule has 0 aromatic carbocycles. The number of aromatic nitrogens is 1. The van der Waals surface area contributed by atoms with Crippen LogP contribution in [-0.4, -0.2) is 10.9 Å². The molecule has 3 heteroatoms. The van der Waals surface area contributed by atoms with Crippen LogP contribution in [0.3, 0.4) is 0 Å². The molecule has 0 unspecified atom stereocenters. The Morgan fingerprint density at radius 2 is 1.73 bits per heavy atom. The highest BCUT2D eigenvalue weighted by molar-refractivity contribution is 5.77. The zero-order chi connectivity index (χ0) is 15.2. The van der Waals surface area contributed by atoms with Gasteiger partial charge in [0, 0.05) is 18.8 Å². The Balaban J connectivity index is 1.40. The average Bonchev–Trinajstić information content (AvgIpc) is 2.45.